The molecule has 0 unspecified atom stereocenters. The van der Waals surface area contributed by atoms with Crippen molar-refractivity contribution in [2.24, 2.45) is 0 Å². The molecule has 104 valence electrons. The first-order valence-electron chi connectivity index (χ1n) is 4.94. The second kappa shape index (κ2) is 4.00. The fraction of sp³-hybridized carbons (Fsp3) is 0.125. The van der Waals surface area contributed by atoms with Crippen LogP contribution in [0.4, 0.5) is 13.2 Å². The van der Waals surface area contributed by atoms with E-state index in [0.29, 0.717) is 4.52 Å². The van der Waals surface area contributed by atoms with E-state index < -0.39 is 18.0 Å². The molecule has 0 saturated carbocycles. The van der Waals surface area contributed by atoms with Gasteiger partial charge in [-0.3, -0.25) is 0 Å². The highest BCUT2D eigenvalue weighted by atomic mass is 32.1. The third kappa shape index (κ3) is 1.80. The zero-order chi connectivity index (χ0) is 14.5. The van der Waals surface area contributed by atoms with E-state index >= 15 is 0 Å². The van der Waals surface area contributed by atoms with Gasteiger partial charge in [0.05, 0.1) is 6.33 Å². The van der Waals surface area contributed by atoms with Crippen LogP contribution in [0.5, 0.6) is 0 Å². The fourth-order valence-corrected chi connectivity index (χ4v) is 2.36. The van der Waals surface area contributed by atoms with E-state index in [0.717, 1.165) is 17.7 Å². The summed E-state index contributed by atoms with van der Waals surface area (Å²) in [5.74, 6) is -2.59. The summed E-state index contributed by atoms with van der Waals surface area (Å²) in [6.45, 7) is 0. The number of rotatable bonds is 2. The molecule has 0 fully saturated rings. The lowest BCUT2D eigenvalue weighted by molar-refractivity contribution is -0.146. The van der Waals surface area contributed by atoms with Gasteiger partial charge in [-0.15, -0.1) is 10.2 Å². The Morgan fingerprint density at radius 1 is 1.40 bits per heavy atom. The minimum absolute atomic E-state index is 0.0149. The lowest BCUT2D eigenvalue weighted by atomic mass is 10.3. The van der Waals surface area contributed by atoms with Crippen molar-refractivity contribution in [3.8, 4) is 10.7 Å². The van der Waals surface area contributed by atoms with Crippen molar-refractivity contribution in [3.63, 3.8) is 0 Å². The Hall–Kier alpha value is -2.50. The van der Waals surface area contributed by atoms with Crippen LogP contribution in [-0.2, 0) is 6.18 Å². The van der Waals surface area contributed by atoms with E-state index in [4.69, 9.17) is 5.11 Å². The molecule has 3 aromatic heterocycles. The Morgan fingerprint density at radius 3 is 2.80 bits per heavy atom. The molecule has 0 atom stereocenters. The lowest BCUT2D eigenvalue weighted by Crippen LogP contribution is -2.11. The standard InChI is InChI=1S/C8H3F3N6O2S/c9-8(10,11)6-14-15-7-17(6)16-4(20-7)2-3(5(18)19)13-1-12-2/h1H,(H,12,13)(H,18,19). The predicted molar refractivity (Wildman–Crippen MR) is 58.2 cm³/mol. The number of H-pyrrole nitrogens is 1. The maximum atomic E-state index is 12.6. The van der Waals surface area contributed by atoms with Gasteiger partial charge in [-0.2, -0.15) is 22.8 Å². The quantitative estimate of drug-likeness (QED) is 0.738. The molecule has 3 heterocycles. The number of halogens is 3. The van der Waals surface area contributed by atoms with E-state index in [1.54, 1.807) is 0 Å². The largest absolute Gasteiger partial charge is 0.476 e. The van der Waals surface area contributed by atoms with E-state index in [-0.39, 0.29) is 21.4 Å². The Morgan fingerprint density at radius 2 is 2.15 bits per heavy atom. The molecular formula is C8H3F3N6O2S. The number of alkyl halides is 3. The number of hydrogen-bond donors (Lipinski definition) is 2. The van der Waals surface area contributed by atoms with Gasteiger partial charge in [-0.05, 0) is 0 Å². The van der Waals surface area contributed by atoms with Crippen LogP contribution in [0, 0.1) is 0 Å². The van der Waals surface area contributed by atoms with Crippen LogP contribution in [0.2, 0.25) is 0 Å². The SMILES string of the molecule is O=C(O)c1nc[nH]c1-c1nn2c(C(F)(F)F)nnc2s1. The second-order valence-electron chi connectivity index (χ2n) is 3.55. The summed E-state index contributed by atoms with van der Waals surface area (Å²) in [6.07, 6.45) is -3.58. The predicted octanol–water partition coefficient (Wildman–Crippen LogP) is 1.29. The highest BCUT2D eigenvalue weighted by Crippen LogP contribution is 2.31. The average molecular weight is 304 g/mol. The molecule has 3 rings (SSSR count). The summed E-state index contributed by atoms with van der Waals surface area (Å²) in [6, 6.07) is 0. The van der Waals surface area contributed by atoms with E-state index in [9.17, 15) is 18.0 Å². The monoisotopic (exact) mass is 304 g/mol. The molecule has 2 N–H and O–H groups in total. The van der Waals surface area contributed by atoms with E-state index in [2.05, 4.69) is 25.3 Å². The zero-order valence-corrected chi connectivity index (χ0v) is 10.0. The Bertz CT molecular complexity index is 803. The van der Waals surface area contributed by atoms with Crippen LogP contribution in [0.1, 0.15) is 16.3 Å². The summed E-state index contributed by atoms with van der Waals surface area (Å²) < 4.78 is 38.4. The molecule has 0 radical (unpaired) electrons. The molecule has 0 aromatic carbocycles. The van der Waals surface area contributed by atoms with Crippen LogP contribution < -0.4 is 0 Å². The highest BCUT2D eigenvalue weighted by molar-refractivity contribution is 7.19. The topological polar surface area (TPSA) is 109 Å². The van der Waals surface area contributed by atoms with Crippen molar-refractivity contribution in [1.82, 2.24) is 29.8 Å². The molecule has 12 heteroatoms. The van der Waals surface area contributed by atoms with Gasteiger partial charge in [0.2, 0.25) is 4.96 Å². The number of nitrogens with zero attached hydrogens (tertiary/aromatic N) is 5. The van der Waals surface area contributed by atoms with Crippen molar-refractivity contribution < 1.29 is 23.1 Å². The fourth-order valence-electron chi connectivity index (χ4n) is 1.51. The molecule has 0 amide bonds. The van der Waals surface area contributed by atoms with Crippen molar-refractivity contribution in [1.29, 1.82) is 0 Å². The van der Waals surface area contributed by atoms with Crippen molar-refractivity contribution >= 4 is 22.3 Å². The number of carboxylic acid groups (broad SMARTS) is 1. The number of carboxylic acids is 1. The number of aromatic amines is 1. The first kappa shape index (κ1) is 12.5. The Kier molecular flexibility index (Phi) is 2.50. The molecule has 0 saturated heterocycles. The van der Waals surface area contributed by atoms with Gasteiger partial charge < -0.3 is 10.1 Å². The molecule has 0 spiro atoms. The molecule has 8 nitrogen and oxygen atoms in total. The summed E-state index contributed by atoms with van der Waals surface area (Å²) in [5.41, 5.74) is -0.315. The number of aromatic carboxylic acids is 1. The minimum Gasteiger partial charge on any atom is -0.476 e. The molecular weight excluding hydrogens is 301 g/mol. The van der Waals surface area contributed by atoms with Gasteiger partial charge >= 0.3 is 12.1 Å². The number of carbonyl (C=O) groups is 1. The lowest BCUT2D eigenvalue weighted by Gasteiger charge is -2.00. The van der Waals surface area contributed by atoms with Gasteiger partial charge in [0.25, 0.3) is 5.82 Å². The first-order chi connectivity index (χ1) is 9.38. The zero-order valence-electron chi connectivity index (χ0n) is 9.21. The molecule has 20 heavy (non-hydrogen) atoms. The normalized spacial score (nSPS) is 12.2. The summed E-state index contributed by atoms with van der Waals surface area (Å²) in [4.78, 5) is 16.9. The third-order valence-corrected chi connectivity index (χ3v) is 3.22. The number of nitrogens with one attached hydrogen (secondary N) is 1. The molecule has 3 aromatic rings. The smallest absolute Gasteiger partial charge is 0.453 e. The summed E-state index contributed by atoms with van der Waals surface area (Å²) in [5, 5.41) is 19.0. The summed E-state index contributed by atoms with van der Waals surface area (Å²) in [7, 11) is 0. The second-order valence-corrected chi connectivity index (χ2v) is 4.51. The highest BCUT2D eigenvalue weighted by Gasteiger charge is 2.38. The molecule has 0 aliphatic heterocycles. The van der Waals surface area contributed by atoms with Crippen molar-refractivity contribution in [2.75, 3.05) is 0 Å². The van der Waals surface area contributed by atoms with Crippen LogP contribution in [-0.4, -0.2) is 40.9 Å². The van der Waals surface area contributed by atoms with Gasteiger partial charge in [0.15, 0.2) is 10.7 Å². The maximum Gasteiger partial charge on any atom is 0.453 e. The van der Waals surface area contributed by atoms with Gasteiger partial charge in [-0.1, -0.05) is 11.3 Å². The van der Waals surface area contributed by atoms with Crippen molar-refractivity contribution in [2.45, 2.75) is 6.18 Å². The van der Waals surface area contributed by atoms with Crippen LogP contribution >= 0.6 is 11.3 Å². The van der Waals surface area contributed by atoms with E-state index in [1.807, 2.05) is 0 Å². The minimum atomic E-state index is -4.70. The Balaban J connectivity index is 2.17. The molecule has 0 aliphatic rings. The van der Waals surface area contributed by atoms with Crippen LogP contribution in [0.3, 0.4) is 0 Å². The van der Waals surface area contributed by atoms with Gasteiger partial charge in [0.1, 0.15) is 5.69 Å². The third-order valence-electron chi connectivity index (χ3n) is 2.30. The van der Waals surface area contributed by atoms with Crippen LogP contribution in [0.15, 0.2) is 6.33 Å². The number of aromatic nitrogens is 6. The summed E-state index contributed by atoms with van der Waals surface area (Å²) >= 11 is 0.767. The number of hydrogen-bond acceptors (Lipinski definition) is 6. The average Bonchev–Trinajstić information content (AvgIpc) is 3.00. The van der Waals surface area contributed by atoms with Crippen molar-refractivity contribution in [3.05, 3.63) is 17.8 Å². The molecule has 0 bridgehead atoms. The number of imidazole rings is 1. The van der Waals surface area contributed by atoms with Gasteiger partial charge in [-0.25, -0.2) is 9.78 Å². The van der Waals surface area contributed by atoms with E-state index in [1.165, 1.54) is 0 Å². The molecule has 0 aliphatic carbocycles. The van der Waals surface area contributed by atoms with Crippen LogP contribution in [0.25, 0.3) is 15.7 Å². The Labute approximate surface area is 110 Å². The first-order valence-corrected chi connectivity index (χ1v) is 5.76. The van der Waals surface area contributed by atoms with Gasteiger partial charge in [0, 0.05) is 0 Å². The maximum absolute atomic E-state index is 12.6. The number of fused-ring (bicyclic) bond motifs is 1.